The van der Waals surface area contributed by atoms with Gasteiger partial charge in [-0.25, -0.2) is 9.78 Å². The number of piperidine rings is 1. The van der Waals surface area contributed by atoms with Crippen LogP contribution in [0.1, 0.15) is 18.4 Å². The zero-order chi connectivity index (χ0) is 17.6. The first kappa shape index (κ1) is 17.2. The van der Waals surface area contributed by atoms with Crippen molar-refractivity contribution in [1.82, 2.24) is 14.8 Å². The molecule has 1 saturated carbocycles. The van der Waals surface area contributed by atoms with Gasteiger partial charge in [-0.05, 0) is 61.4 Å². The number of fused-ring (bicyclic) bond motifs is 1. The van der Waals surface area contributed by atoms with Crippen LogP contribution >= 0.6 is 15.9 Å². The zero-order valence-electron chi connectivity index (χ0n) is 13.9. The monoisotopic (exact) mass is 396 g/mol. The number of pyridine rings is 1. The largest absolute Gasteiger partial charge is 0.465 e. The molecule has 0 spiro atoms. The van der Waals surface area contributed by atoms with E-state index in [0.717, 1.165) is 18.5 Å². The Kier molecular flexibility index (Phi) is 4.29. The summed E-state index contributed by atoms with van der Waals surface area (Å²) in [6, 6.07) is 2.92. The molecule has 2 aliphatic rings. The highest BCUT2D eigenvalue weighted by atomic mass is 79.9. The second-order valence-electron chi connectivity index (χ2n) is 7.02. The predicted molar refractivity (Wildman–Crippen MR) is 93.0 cm³/mol. The highest BCUT2D eigenvalue weighted by Gasteiger charge is 2.67. The highest BCUT2D eigenvalue weighted by molar-refractivity contribution is 9.10. The number of anilines is 1. The number of amides is 2. The summed E-state index contributed by atoms with van der Waals surface area (Å²) in [7, 11) is 3.94. The zero-order valence-corrected chi connectivity index (χ0v) is 15.5. The van der Waals surface area contributed by atoms with Crippen LogP contribution in [-0.4, -0.2) is 64.6 Å². The topological polar surface area (TPSA) is 85.8 Å². The molecule has 1 aromatic heterocycles. The van der Waals surface area contributed by atoms with Gasteiger partial charge in [0.1, 0.15) is 16.5 Å². The van der Waals surface area contributed by atoms with E-state index in [2.05, 4.69) is 31.1 Å². The van der Waals surface area contributed by atoms with Crippen LogP contribution in [0.5, 0.6) is 0 Å². The van der Waals surface area contributed by atoms with Gasteiger partial charge in [0.2, 0.25) is 5.91 Å². The van der Waals surface area contributed by atoms with Gasteiger partial charge in [-0.1, -0.05) is 6.07 Å². The van der Waals surface area contributed by atoms with Gasteiger partial charge >= 0.3 is 6.09 Å². The van der Waals surface area contributed by atoms with E-state index < -0.39 is 12.1 Å². The van der Waals surface area contributed by atoms with E-state index in [0.29, 0.717) is 16.8 Å². The van der Waals surface area contributed by atoms with Crippen molar-refractivity contribution in [3.63, 3.8) is 0 Å². The van der Waals surface area contributed by atoms with E-state index in [1.165, 1.54) is 4.90 Å². The number of rotatable bonds is 4. The molecule has 0 bridgehead atoms. The van der Waals surface area contributed by atoms with Crippen molar-refractivity contribution < 1.29 is 14.7 Å². The Bertz CT molecular complexity index is 696. The van der Waals surface area contributed by atoms with Crippen molar-refractivity contribution in [2.75, 3.05) is 26.0 Å². The van der Waals surface area contributed by atoms with Gasteiger partial charge in [0, 0.05) is 18.0 Å². The van der Waals surface area contributed by atoms with Crippen LogP contribution in [0.15, 0.2) is 16.7 Å². The smallest absolute Gasteiger partial charge is 0.408 e. The summed E-state index contributed by atoms with van der Waals surface area (Å²) < 4.78 is 0.622. The molecule has 1 aromatic rings. The Morgan fingerprint density at radius 3 is 2.79 bits per heavy atom. The average molecular weight is 397 g/mol. The van der Waals surface area contributed by atoms with Crippen molar-refractivity contribution in [2.24, 2.45) is 5.41 Å². The number of nitrogens with zero attached hydrogens (tertiary/aromatic N) is 3. The molecule has 1 aliphatic heterocycles. The Labute approximate surface area is 149 Å². The van der Waals surface area contributed by atoms with E-state index in [4.69, 9.17) is 0 Å². The maximum absolute atomic E-state index is 12.7. The lowest BCUT2D eigenvalue weighted by Gasteiger charge is -2.24. The molecule has 2 heterocycles. The second-order valence-corrected chi connectivity index (χ2v) is 7.83. The van der Waals surface area contributed by atoms with Crippen molar-refractivity contribution >= 4 is 33.7 Å². The van der Waals surface area contributed by atoms with E-state index in [1.54, 1.807) is 6.07 Å². The molecule has 8 heteroatoms. The number of likely N-dealkylation sites (tertiary alicyclic amines) is 1. The van der Waals surface area contributed by atoms with Gasteiger partial charge in [-0.15, -0.1) is 0 Å². The maximum atomic E-state index is 12.7. The number of aromatic nitrogens is 1. The Morgan fingerprint density at radius 2 is 2.17 bits per heavy atom. The molecule has 3 unspecified atom stereocenters. The lowest BCUT2D eigenvalue weighted by molar-refractivity contribution is -0.120. The molecule has 3 atom stereocenters. The van der Waals surface area contributed by atoms with E-state index >= 15 is 0 Å². The molecule has 7 nitrogen and oxygen atoms in total. The Hall–Kier alpha value is -1.67. The summed E-state index contributed by atoms with van der Waals surface area (Å²) in [5.74, 6) is 0.151. The molecule has 2 amide bonds. The SMILES string of the molecule is Cc1ccc(Br)nc1NC(=O)C1CC2(CN(C)C)CC2N1C(=O)O. The standard InChI is InChI=1S/C16H21BrN4O3/c1-9-4-5-12(17)18-13(9)19-14(22)10-6-16(8-20(2)3)7-11(16)21(10)15(23)24/h4-5,10-11H,6-8H2,1-3H3,(H,23,24)(H,18,19,22). The fourth-order valence-electron chi connectivity index (χ4n) is 3.82. The lowest BCUT2D eigenvalue weighted by Crippen LogP contribution is -2.45. The third-order valence-corrected chi connectivity index (χ3v) is 5.32. The van der Waals surface area contributed by atoms with Crippen molar-refractivity contribution in [1.29, 1.82) is 0 Å². The predicted octanol–water partition coefficient (Wildman–Crippen LogP) is 2.16. The molecular formula is C16H21BrN4O3. The fourth-order valence-corrected chi connectivity index (χ4v) is 4.13. The normalized spacial score (nSPS) is 28.0. The minimum atomic E-state index is -1.03. The third-order valence-electron chi connectivity index (χ3n) is 4.88. The van der Waals surface area contributed by atoms with Crippen LogP contribution in [0.4, 0.5) is 10.6 Å². The average Bonchev–Trinajstić information content (AvgIpc) is 3.05. The van der Waals surface area contributed by atoms with Crippen LogP contribution in [0.2, 0.25) is 0 Å². The second kappa shape index (κ2) is 6.00. The van der Waals surface area contributed by atoms with Crippen LogP contribution in [0, 0.1) is 12.3 Å². The molecule has 1 aliphatic carbocycles. The summed E-state index contributed by atoms with van der Waals surface area (Å²) in [6.07, 6.45) is 0.355. The number of carbonyl (C=O) groups is 2. The van der Waals surface area contributed by atoms with Crippen molar-refractivity contribution in [2.45, 2.75) is 31.8 Å². The molecule has 0 radical (unpaired) electrons. The number of carbonyl (C=O) groups excluding carboxylic acids is 1. The molecule has 0 aromatic carbocycles. The highest BCUT2D eigenvalue weighted by Crippen LogP contribution is 2.59. The van der Waals surface area contributed by atoms with Crippen LogP contribution < -0.4 is 5.32 Å². The number of halogens is 1. The summed E-state index contributed by atoms with van der Waals surface area (Å²) in [5, 5.41) is 12.3. The first-order valence-electron chi connectivity index (χ1n) is 7.83. The third kappa shape index (κ3) is 3.00. The van der Waals surface area contributed by atoms with E-state index in [9.17, 15) is 14.7 Å². The first-order valence-corrected chi connectivity index (χ1v) is 8.63. The lowest BCUT2D eigenvalue weighted by atomic mass is 9.98. The summed E-state index contributed by atoms with van der Waals surface area (Å²) in [5.41, 5.74) is 0.739. The summed E-state index contributed by atoms with van der Waals surface area (Å²) >= 11 is 3.28. The Morgan fingerprint density at radius 1 is 1.46 bits per heavy atom. The molecule has 3 rings (SSSR count). The Balaban J connectivity index is 1.79. The van der Waals surface area contributed by atoms with E-state index in [-0.39, 0.29) is 17.4 Å². The van der Waals surface area contributed by atoms with Gasteiger partial charge < -0.3 is 15.3 Å². The minimum absolute atomic E-state index is 0.0651. The van der Waals surface area contributed by atoms with Crippen LogP contribution in [-0.2, 0) is 4.79 Å². The fraction of sp³-hybridized carbons (Fsp3) is 0.562. The van der Waals surface area contributed by atoms with Gasteiger partial charge in [-0.2, -0.15) is 0 Å². The summed E-state index contributed by atoms with van der Waals surface area (Å²) in [4.78, 5) is 32.0. The van der Waals surface area contributed by atoms with Gasteiger partial charge in [0.05, 0.1) is 0 Å². The van der Waals surface area contributed by atoms with E-state index in [1.807, 2.05) is 27.1 Å². The number of carboxylic acid groups (broad SMARTS) is 1. The molecule has 24 heavy (non-hydrogen) atoms. The number of hydrogen-bond acceptors (Lipinski definition) is 4. The number of aryl methyl sites for hydroxylation is 1. The van der Waals surface area contributed by atoms with Crippen molar-refractivity contribution in [3.05, 3.63) is 22.3 Å². The van der Waals surface area contributed by atoms with Gasteiger partial charge in [-0.3, -0.25) is 9.69 Å². The molecule has 130 valence electrons. The quantitative estimate of drug-likeness (QED) is 0.761. The molecule has 2 fully saturated rings. The van der Waals surface area contributed by atoms with Gasteiger partial charge in [0.15, 0.2) is 0 Å². The number of hydrogen-bond donors (Lipinski definition) is 2. The molecule has 1 saturated heterocycles. The van der Waals surface area contributed by atoms with Crippen LogP contribution in [0.3, 0.4) is 0 Å². The summed E-state index contributed by atoms with van der Waals surface area (Å²) in [6.45, 7) is 2.64. The first-order chi connectivity index (χ1) is 11.2. The van der Waals surface area contributed by atoms with Crippen molar-refractivity contribution in [3.8, 4) is 0 Å². The van der Waals surface area contributed by atoms with Crippen LogP contribution in [0.25, 0.3) is 0 Å². The molecular weight excluding hydrogens is 376 g/mol. The number of nitrogens with one attached hydrogen (secondary N) is 1. The molecule has 2 N–H and O–H groups in total. The maximum Gasteiger partial charge on any atom is 0.408 e. The minimum Gasteiger partial charge on any atom is -0.465 e. The van der Waals surface area contributed by atoms with Gasteiger partial charge in [0.25, 0.3) is 0 Å².